The van der Waals surface area contributed by atoms with Crippen LogP contribution in [0.15, 0.2) is 18.6 Å². The van der Waals surface area contributed by atoms with Gasteiger partial charge in [-0.2, -0.15) is 0 Å². The number of amides is 1. The van der Waals surface area contributed by atoms with E-state index in [0.29, 0.717) is 12.3 Å². The molecular formula is C16H25N5O. The molecule has 0 bridgehead atoms. The third-order valence-corrected chi connectivity index (χ3v) is 4.73. The second-order valence-corrected chi connectivity index (χ2v) is 6.16. The standard InChI is InChI=1S/C16H25N5O/c22-16(2-1-14-3-5-17-6-4-14)21-11-9-20(10-12-21)15-13-18-7-8-19-15/h7-8,13-14,17H,1-6,9-12H2. The molecule has 1 N–H and O–H groups in total. The van der Waals surface area contributed by atoms with E-state index in [1.165, 1.54) is 12.8 Å². The van der Waals surface area contributed by atoms with Crippen LogP contribution in [0.25, 0.3) is 0 Å². The van der Waals surface area contributed by atoms with Crippen LogP contribution in [0, 0.1) is 5.92 Å². The quantitative estimate of drug-likeness (QED) is 0.896. The molecule has 2 fully saturated rings. The zero-order chi connectivity index (χ0) is 15.2. The number of piperazine rings is 1. The molecule has 2 saturated heterocycles. The third kappa shape index (κ3) is 3.94. The summed E-state index contributed by atoms with van der Waals surface area (Å²) >= 11 is 0. The van der Waals surface area contributed by atoms with Crippen LogP contribution < -0.4 is 10.2 Å². The number of carbonyl (C=O) groups excluding carboxylic acids is 1. The number of carbonyl (C=O) groups is 1. The molecule has 1 aromatic heterocycles. The minimum absolute atomic E-state index is 0.317. The number of nitrogens with one attached hydrogen (secondary N) is 1. The van der Waals surface area contributed by atoms with Gasteiger partial charge in [0, 0.05) is 45.0 Å². The number of piperidine rings is 1. The van der Waals surface area contributed by atoms with Crippen LogP contribution in [0.2, 0.25) is 0 Å². The Labute approximate surface area is 131 Å². The molecule has 1 aromatic rings. The van der Waals surface area contributed by atoms with Gasteiger partial charge in [0.05, 0.1) is 6.20 Å². The molecule has 0 aromatic carbocycles. The second kappa shape index (κ2) is 7.54. The van der Waals surface area contributed by atoms with Crippen LogP contribution in [-0.4, -0.2) is 60.0 Å². The fraction of sp³-hybridized carbons (Fsp3) is 0.688. The van der Waals surface area contributed by atoms with Gasteiger partial charge in [-0.1, -0.05) is 0 Å². The van der Waals surface area contributed by atoms with Gasteiger partial charge >= 0.3 is 0 Å². The van der Waals surface area contributed by atoms with Crippen LogP contribution >= 0.6 is 0 Å². The first-order valence-corrected chi connectivity index (χ1v) is 8.32. The third-order valence-electron chi connectivity index (χ3n) is 4.73. The van der Waals surface area contributed by atoms with E-state index in [0.717, 1.165) is 57.4 Å². The minimum Gasteiger partial charge on any atom is -0.352 e. The van der Waals surface area contributed by atoms with Crippen molar-refractivity contribution in [2.45, 2.75) is 25.7 Å². The predicted molar refractivity (Wildman–Crippen MR) is 85.7 cm³/mol. The van der Waals surface area contributed by atoms with Crippen molar-refractivity contribution in [3.63, 3.8) is 0 Å². The Hall–Kier alpha value is -1.69. The highest BCUT2D eigenvalue weighted by molar-refractivity contribution is 5.76. The van der Waals surface area contributed by atoms with Gasteiger partial charge in [-0.25, -0.2) is 4.98 Å². The maximum Gasteiger partial charge on any atom is 0.222 e. The van der Waals surface area contributed by atoms with Crippen molar-refractivity contribution in [1.29, 1.82) is 0 Å². The van der Waals surface area contributed by atoms with Crippen LogP contribution in [0.5, 0.6) is 0 Å². The van der Waals surface area contributed by atoms with Crippen molar-refractivity contribution in [2.75, 3.05) is 44.2 Å². The molecule has 0 spiro atoms. The van der Waals surface area contributed by atoms with Crippen molar-refractivity contribution in [3.05, 3.63) is 18.6 Å². The number of hydrogen-bond acceptors (Lipinski definition) is 5. The van der Waals surface area contributed by atoms with Crippen LogP contribution in [0.3, 0.4) is 0 Å². The largest absolute Gasteiger partial charge is 0.352 e. The molecular weight excluding hydrogens is 278 g/mol. The first-order chi connectivity index (χ1) is 10.8. The zero-order valence-electron chi connectivity index (χ0n) is 13.1. The molecule has 0 radical (unpaired) electrons. The smallest absolute Gasteiger partial charge is 0.222 e. The summed E-state index contributed by atoms with van der Waals surface area (Å²) in [5.74, 6) is 1.95. The van der Waals surface area contributed by atoms with Crippen molar-refractivity contribution in [3.8, 4) is 0 Å². The molecule has 2 aliphatic heterocycles. The van der Waals surface area contributed by atoms with Crippen LogP contribution in [0.1, 0.15) is 25.7 Å². The Morgan fingerprint density at radius 2 is 1.95 bits per heavy atom. The zero-order valence-corrected chi connectivity index (χ0v) is 13.1. The molecule has 0 unspecified atom stereocenters. The van der Waals surface area contributed by atoms with E-state index in [4.69, 9.17) is 0 Å². The fourth-order valence-corrected chi connectivity index (χ4v) is 3.30. The van der Waals surface area contributed by atoms with E-state index in [-0.39, 0.29) is 0 Å². The molecule has 0 atom stereocenters. The summed E-state index contributed by atoms with van der Waals surface area (Å²) in [7, 11) is 0. The van der Waals surface area contributed by atoms with E-state index >= 15 is 0 Å². The lowest BCUT2D eigenvalue weighted by Gasteiger charge is -2.35. The molecule has 6 nitrogen and oxygen atoms in total. The van der Waals surface area contributed by atoms with E-state index in [1.807, 2.05) is 4.90 Å². The summed E-state index contributed by atoms with van der Waals surface area (Å²) in [5, 5.41) is 3.37. The molecule has 2 aliphatic rings. The Morgan fingerprint density at radius 1 is 1.18 bits per heavy atom. The van der Waals surface area contributed by atoms with E-state index in [2.05, 4.69) is 20.2 Å². The number of hydrogen-bond donors (Lipinski definition) is 1. The number of anilines is 1. The Morgan fingerprint density at radius 3 is 2.64 bits per heavy atom. The molecule has 1 amide bonds. The average Bonchev–Trinajstić information content (AvgIpc) is 2.61. The second-order valence-electron chi connectivity index (χ2n) is 6.16. The number of nitrogens with zero attached hydrogens (tertiary/aromatic N) is 4. The average molecular weight is 303 g/mol. The first kappa shape index (κ1) is 15.2. The maximum absolute atomic E-state index is 12.3. The maximum atomic E-state index is 12.3. The van der Waals surface area contributed by atoms with Crippen molar-refractivity contribution >= 4 is 11.7 Å². The highest BCUT2D eigenvalue weighted by atomic mass is 16.2. The van der Waals surface area contributed by atoms with Crippen LogP contribution in [0.4, 0.5) is 5.82 Å². The van der Waals surface area contributed by atoms with E-state index < -0.39 is 0 Å². The molecule has 0 saturated carbocycles. The van der Waals surface area contributed by atoms with Crippen LogP contribution in [-0.2, 0) is 4.79 Å². The van der Waals surface area contributed by atoms with Gasteiger partial charge in [-0.15, -0.1) is 0 Å². The Bertz CT molecular complexity index is 467. The highest BCUT2D eigenvalue weighted by Gasteiger charge is 2.23. The minimum atomic E-state index is 0.317. The van der Waals surface area contributed by atoms with Gasteiger partial charge in [-0.05, 0) is 38.3 Å². The first-order valence-electron chi connectivity index (χ1n) is 8.32. The van der Waals surface area contributed by atoms with Gasteiger partial charge in [0.1, 0.15) is 5.82 Å². The molecule has 22 heavy (non-hydrogen) atoms. The normalized spacial score (nSPS) is 20.2. The Balaban J connectivity index is 1.41. The Kier molecular flexibility index (Phi) is 5.21. The summed E-state index contributed by atoms with van der Waals surface area (Å²) < 4.78 is 0. The van der Waals surface area contributed by atoms with Gasteiger partial charge in [0.15, 0.2) is 0 Å². The van der Waals surface area contributed by atoms with Crippen molar-refractivity contribution in [2.24, 2.45) is 5.92 Å². The SMILES string of the molecule is O=C(CCC1CCNCC1)N1CCN(c2cnccn2)CC1. The summed E-state index contributed by atoms with van der Waals surface area (Å²) in [5.41, 5.74) is 0. The summed E-state index contributed by atoms with van der Waals surface area (Å²) in [6, 6.07) is 0. The number of rotatable bonds is 4. The predicted octanol–water partition coefficient (Wildman–Crippen LogP) is 0.905. The molecule has 0 aliphatic carbocycles. The molecule has 6 heteroatoms. The van der Waals surface area contributed by atoms with Crippen molar-refractivity contribution in [1.82, 2.24) is 20.2 Å². The topological polar surface area (TPSA) is 61.4 Å². The lowest BCUT2D eigenvalue weighted by Crippen LogP contribution is -2.49. The van der Waals surface area contributed by atoms with Crippen molar-refractivity contribution < 1.29 is 4.79 Å². The van der Waals surface area contributed by atoms with E-state index in [1.54, 1.807) is 18.6 Å². The van der Waals surface area contributed by atoms with Gasteiger partial charge in [0.2, 0.25) is 5.91 Å². The molecule has 3 rings (SSSR count). The summed E-state index contributed by atoms with van der Waals surface area (Å²) in [6.45, 7) is 5.49. The van der Waals surface area contributed by atoms with E-state index in [9.17, 15) is 4.79 Å². The highest BCUT2D eigenvalue weighted by Crippen LogP contribution is 2.19. The molecule has 120 valence electrons. The summed E-state index contributed by atoms with van der Waals surface area (Å²) in [6.07, 6.45) is 9.37. The van der Waals surface area contributed by atoms with Gasteiger partial charge in [0.25, 0.3) is 0 Å². The fourth-order valence-electron chi connectivity index (χ4n) is 3.30. The monoisotopic (exact) mass is 303 g/mol. The van der Waals surface area contributed by atoms with Gasteiger partial charge in [-0.3, -0.25) is 9.78 Å². The van der Waals surface area contributed by atoms with Gasteiger partial charge < -0.3 is 15.1 Å². The molecule has 3 heterocycles. The lowest BCUT2D eigenvalue weighted by atomic mass is 9.93. The summed E-state index contributed by atoms with van der Waals surface area (Å²) in [4.78, 5) is 25.0. The number of aromatic nitrogens is 2. The lowest BCUT2D eigenvalue weighted by molar-refractivity contribution is -0.131.